The lowest BCUT2D eigenvalue weighted by molar-refractivity contribution is -0.132. The highest BCUT2D eigenvalue weighted by molar-refractivity contribution is 6.05. The van der Waals surface area contributed by atoms with E-state index >= 15 is 0 Å². The van der Waals surface area contributed by atoms with Crippen molar-refractivity contribution >= 4 is 17.4 Å². The molecule has 1 fully saturated rings. The molecule has 32 heavy (non-hydrogen) atoms. The summed E-state index contributed by atoms with van der Waals surface area (Å²) in [5.41, 5.74) is 9.12. The van der Waals surface area contributed by atoms with Crippen LogP contribution in [0.3, 0.4) is 0 Å². The third kappa shape index (κ3) is 7.05. The first-order valence-electron chi connectivity index (χ1n) is 9.90. The standard InChI is InChI=1S/C24H26N2O4.C2H2/c1-4-18(23(25)27)11-12-20-16-30-14-13-26(20)15-17-7-9-19(10-8-17)21(5-2)22(6-3)24(28)29;1-2/h1,5-12H,13-16H2,2-3H3,(H2,25,27)(H,28,29);1-2H/b18-11+,20-12+,21-5-,22-6+;. The second-order valence-corrected chi connectivity index (χ2v) is 6.63. The summed E-state index contributed by atoms with van der Waals surface area (Å²) in [5.74, 6) is 0.686. The average Bonchev–Trinajstić information content (AvgIpc) is 2.80. The number of nitrogens with zero attached hydrogens (tertiary/aromatic N) is 1. The molecule has 6 heteroatoms. The molecule has 0 atom stereocenters. The van der Waals surface area contributed by atoms with Gasteiger partial charge in [-0.2, -0.15) is 0 Å². The van der Waals surface area contributed by atoms with Crippen molar-refractivity contribution in [3.63, 3.8) is 0 Å². The van der Waals surface area contributed by atoms with E-state index in [9.17, 15) is 14.7 Å². The largest absolute Gasteiger partial charge is 0.478 e. The maximum Gasteiger partial charge on any atom is 0.335 e. The van der Waals surface area contributed by atoms with Crippen LogP contribution in [0.4, 0.5) is 0 Å². The first-order chi connectivity index (χ1) is 15.4. The lowest BCUT2D eigenvalue weighted by atomic mass is 9.96. The molecule has 1 aliphatic heterocycles. The van der Waals surface area contributed by atoms with Crippen LogP contribution in [0.15, 0.2) is 65.4 Å². The van der Waals surface area contributed by atoms with E-state index in [1.54, 1.807) is 25.2 Å². The Balaban J connectivity index is 0.00000249. The Morgan fingerprint density at radius 3 is 2.38 bits per heavy atom. The van der Waals surface area contributed by atoms with Gasteiger partial charge in [0.25, 0.3) is 5.91 Å². The molecule has 0 saturated carbocycles. The second-order valence-electron chi connectivity index (χ2n) is 6.63. The summed E-state index contributed by atoms with van der Waals surface area (Å²) in [5, 5.41) is 9.40. The van der Waals surface area contributed by atoms with E-state index in [4.69, 9.17) is 16.9 Å². The molecule has 166 valence electrons. The third-order valence-corrected chi connectivity index (χ3v) is 4.76. The number of carbonyl (C=O) groups is 2. The average molecular weight is 433 g/mol. The number of carboxylic acids is 1. The lowest BCUT2D eigenvalue weighted by Crippen LogP contribution is -2.33. The van der Waals surface area contributed by atoms with E-state index in [-0.39, 0.29) is 11.1 Å². The van der Waals surface area contributed by atoms with Crippen LogP contribution in [-0.4, -0.2) is 41.6 Å². The summed E-state index contributed by atoms with van der Waals surface area (Å²) >= 11 is 0. The maximum absolute atomic E-state index is 11.5. The van der Waals surface area contributed by atoms with Gasteiger partial charge in [-0.25, -0.2) is 4.79 Å². The quantitative estimate of drug-likeness (QED) is 0.392. The monoisotopic (exact) mass is 432 g/mol. The van der Waals surface area contributed by atoms with Crippen molar-refractivity contribution in [2.24, 2.45) is 5.73 Å². The Hall–Kier alpha value is -4.00. The van der Waals surface area contributed by atoms with Gasteiger partial charge in [0.05, 0.1) is 24.4 Å². The molecule has 2 rings (SSSR count). The van der Waals surface area contributed by atoms with Gasteiger partial charge in [0.15, 0.2) is 0 Å². The zero-order chi connectivity index (χ0) is 24.1. The van der Waals surface area contributed by atoms with Gasteiger partial charge in [0, 0.05) is 18.8 Å². The third-order valence-electron chi connectivity index (χ3n) is 4.76. The number of terminal acetylenes is 2. The Morgan fingerprint density at radius 1 is 1.22 bits per heavy atom. The molecule has 0 aliphatic carbocycles. The van der Waals surface area contributed by atoms with Gasteiger partial charge in [0.1, 0.15) is 0 Å². The molecule has 0 spiro atoms. The van der Waals surface area contributed by atoms with Crippen LogP contribution >= 0.6 is 0 Å². The van der Waals surface area contributed by atoms with Crippen LogP contribution in [0.25, 0.3) is 5.57 Å². The van der Waals surface area contributed by atoms with Gasteiger partial charge in [-0.05, 0) is 42.7 Å². The molecular weight excluding hydrogens is 404 g/mol. The molecule has 0 aromatic heterocycles. The number of carboxylic acid groups (broad SMARTS) is 1. The topological polar surface area (TPSA) is 92.9 Å². The summed E-state index contributed by atoms with van der Waals surface area (Å²) in [4.78, 5) is 24.9. The van der Waals surface area contributed by atoms with Gasteiger partial charge in [-0.15, -0.1) is 19.3 Å². The molecule has 3 N–H and O–H groups in total. The smallest absolute Gasteiger partial charge is 0.335 e. The van der Waals surface area contributed by atoms with Crippen molar-refractivity contribution < 1.29 is 19.4 Å². The lowest BCUT2D eigenvalue weighted by Gasteiger charge is -2.31. The molecule has 1 saturated heterocycles. The highest BCUT2D eigenvalue weighted by Crippen LogP contribution is 2.24. The van der Waals surface area contributed by atoms with Gasteiger partial charge in [0.2, 0.25) is 0 Å². The molecule has 1 heterocycles. The summed E-state index contributed by atoms with van der Waals surface area (Å²) in [6.45, 7) is 5.90. The number of primary amides is 1. The van der Waals surface area contributed by atoms with Crippen LogP contribution in [0.5, 0.6) is 0 Å². The Labute approximate surface area is 189 Å². The second kappa shape index (κ2) is 13.3. The van der Waals surface area contributed by atoms with Crippen LogP contribution in [0, 0.1) is 25.2 Å². The summed E-state index contributed by atoms with van der Waals surface area (Å²) in [7, 11) is 0. The summed E-state index contributed by atoms with van der Waals surface area (Å²) in [6, 6.07) is 7.80. The predicted octanol–water partition coefficient (Wildman–Crippen LogP) is 3.13. The molecule has 1 amide bonds. The first-order valence-corrected chi connectivity index (χ1v) is 9.90. The normalized spacial score (nSPS) is 16.0. The number of amides is 1. The Bertz CT molecular complexity index is 1000. The fourth-order valence-electron chi connectivity index (χ4n) is 3.18. The van der Waals surface area contributed by atoms with Gasteiger partial charge < -0.3 is 20.5 Å². The number of morpholine rings is 1. The van der Waals surface area contributed by atoms with Crippen molar-refractivity contribution in [3.05, 3.63) is 76.5 Å². The molecule has 1 aliphatic rings. The van der Waals surface area contributed by atoms with Gasteiger partial charge in [-0.3, -0.25) is 4.79 Å². The summed E-state index contributed by atoms with van der Waals surface area (Å²) < 4.78 is 5.53. The summed E-state index contributed by atoms with van der Waals surface area (Å²) in [6.07, 6.45) is 20.0. The molecular formula is C26H28N2O4. The van der Waals surface area contributed by atoms with E-state index < -0.39 is 11.9 Å². The molecule has 1 aromatic carbocycles. The Kier molecular flexibility index (Phi) is 10.8. The van der Waals surface area contributed by atoms with E-state index in [0.717, 1.165) is 16.8 Å². The number of nitrogens with two attached hydrogens (primary N) is 1. The minimum atomic E-state index is -0.951. The molecule has 6 nitrogen and oxygen atoms in total. The zero-order valence-corrected chi connectivity index (χ0v) is 18.4. The molecule has 0 radical (unpaired) electrons. The number of benzene rings is 1. The van der Waals surface area contributed by atoms with Crippen molar-refractivity contribution in [1.82, 2.24) is 4.90 Å². The molecule has 1 aromatic rings. The zero-order valence-electron chi connectivity index (χ0n) is 18.4. The maximum atomic E-state index is 11.5. The van der Waals surface area contributed by atoms with E-state index in [1.165, 1.54) is 6.08 Å². The number of hydrogen-bond acceptors (Lipinski definition) is 4. The number of allylic oxidation sites excluding steroid dienone is 4. The highest BCUT2D eigenvalue weighted by Gasteiger charge is 2.17. The SMILES string of the molecule is C#C.C#C/C(=C\C=C1/COCCN1Cc1ccc(C(=C/C)/C(=C\C)C(=O)O)cc1)C(N)=O. The van der Waals surface area contributed by atoms with E-state index in [1.807, 2.05) is 31.2 Å². The van der Waals surface area contributed by atoms with Crippen molar-refractivity contribution in [2.75, 3.05) is 19.8 Å². The van der Waals surface area contributed by atoms with Gasteiger partial charge >= 0.3 is 5.97 Å². The van der Waals surface area contributed by atoms with Crippen LogP contribution in [0.2, 0.25) is 0 Å². The minimum absolute atomic E-state index is 0.106. The number of carbonyl (C=O) groups excluding carboxylic acids is 1. The van der Waals surface area contributed by atoms with E-state index in [2.05, 4.69) is 23.7 Å². The highest BCUT2D eigenvalue weighted by atomic mass is 16.5. The Morgan fingerprint density at radius 2 is 1.88 bits per heavy atom. The van der Waals surface area contributed by atoms with Crippen LogP contribution in [0.1, 0.15) is 25.0 Å². The number of rotatable bonds is 7. The molecule has 0 bridgehead atoms. The van der Waals surface area contributed by atoms with Crippen LogP contribution < -0.4 is 5.73 Å². The minimum Gasteiger partial charge on any atom is -0.478 e. The fraction of sp³-hybridized carbons (Fsp3) is 0.231. The van der Waals surface area contributed by atoms with Crippen molar-refractivity contribution in [1.29, 1.82) is 0 Å². The van der Waals surface area contributed by atoms with Crippen molar-refractivity contribution in [2.45, 2.75) is 20.4 Å². The van der Waals surface area contributed by atoms with Crippen LogP contribution in [-0.2, 0) is 20.9 Å². The number of aliphatic carboxylic acids is 1. The van der Waals surface area contributed by atoms with Crippen molar-refractivity contribution in [3.8, 4) is 25.2 Å². The molecule has 0 unspecified atom stereocenters. The number of ether oxygens (including phenoxy) is 1. The first kappa shape index (κ1) is 26.0. The fourth-order valence-corrected chi connectivity index (χ4v) is 3.18. The predicted molar refractivity (Wildman–Crippen MR) is 127 cm³/mol. The van der Waals surface area contributed by atoms with Gasteiger partial charge in [-0.1, -0.05) is 42.3 Å². The number of hydrogen-bond donors (Lipinski definition) is 2. The van der Waals surface area contributed by atoms with E-state index in [0.29, 0.717) is 31.9 Å².